The average molecular weight is 1230 g/mol. The number of alkyl halides is 6. The molecule has 13 nitrogen and oxygen atoms in total. The van der Waals surface area contributed by atoms with Crippen LogP contribution in [0.2, 0.25) is 0 Å². The summed E-state index contributed by atoms with van der Waals surface area (Å²) in [6.07, 6.45) is -10.2. The van der Waals surface area contributed by atoms with Crippen LogP contribution in [0.4, 0.5) is 26.3 Å². The first-order chi connectivity index (χ1) is 39.9. The van der Waals surface area contributed by atoms with E-state index in [-0.39, 0.29) is 82.2 Å². The monoisotopic (exact) mass is 1220 g/mol. The van der Waals surface area contributed by atoms with E-state index in [9.17, 15) is 50.9 Å². The molecule has 0 aliphatic rings. The van der Waals surface area contributed by atoms with Crippen LogP contribution in [0.25, 0.3) is 44.2 Å². The Kier molecular flexibility index (Phi) is 21.3. The summed E-state index contributed by atoms with van der Waals surface area (Å²) >= 11 is 0. The van der Waals surface area contributed by atoms with Gasteiger partial charge in [-0.3, -0.25) is 4.79 Å². The maximum Gasteiger partial charge on any atom is 0.573 e. The summed E-state index contributed by atoms with van der Waals surface area (Å²) in [6.45, 7) is 31.6. The van der Waals surface area contributed by atoms with Crippen molar-refractivity contribution >= 4 is 27.9 Å². The first-order valence-electron chi connectivity index (χ1n) is 29.3. The summed E-state index contributed by atoms with van der Waals surface area (Å²) in [7, 11) is 0. The number of aliphatic hydroxyl groups excluding tert-OH is 2. The number of carbonyl (C=O) groups is 1. The van der Waals surface area contributed by atoms with Crippen LogP contribution in [0.15, 0.2) is 103 Å². The minimum absolute atomic E-state index is 0.0841. The summed E-state index contributed by atoms with van der Waals surface area (Å²) in [5.41, 5.74) is -4.58. The van der Waals surface area contributed by atoms with E-state index in [1.807, 2.05) is 76.2 Å². The van der Waals surface area contributed by atoms with Gasteiger partial charge in [0.1, 0.15) is 45.4 Å². The number of hydrogen-bond donors (Lipinski definition) is 2. The maximum absolute atomic E-state index is 13.4. The second-order valence-electron chi connectivity index (χ2n) is 28.0. The molecule has 3 atom stereocenters. The van der Waals surface area contributed by atoms with Crippen LogP contribution in [-0.4, -0.2) is 71.6 Å². The maximum atomic E-state index is 13.4. The van der Waals surface area contributed by atoms with Crippen LogP contribution in [0.1, 0.15) is 153 Å². The SMILES string of the molecule is Cc1ccc(-c2cc3ccc(OC(C)(C)CC(C)(C)C(OCCCC(O)C(O)CCCOC(=O)C(CC(C)(C)C)C(C)(C)C)C(C)(C)CC(C)(C)Oc4ccc5cc(-c6ccc(C)cc6OC(F)(F)F)c(=O)oc5c4)cc3oc2=O)c(OC(F)(F)F)c1. The lowest BCUT2D eigenvalue weighted by molar-refractivity contribution is -0.275. The number of carbonyl (C=O) groups excluding carboxylic acids is 1. The van der Waals surface area contributed by atoms with Gasteiger partial charge in [0.25, 0.3) is 0 Å². The molecule has 6 aromatic rings. The Morgan fingerprint density at radius 2 is 0.920 bits per heavy atom. The summed E-state index contributed by atoms with van der Waals surface area (Å²) in [5.74, 6) is -0.973. The molecule has 0 spiro atoms. The predicted octanol–water partition coefficient (Wildman–Crippen LogP) is 16.8. The molecule has 478 valence electrons. The molecule has 2 heterocycles. The standard InChI is InChI=1S/C68H86F6O13/c1-40-21-27-46(55(31-40)86-67(69,70)71)48-33-42-23-25-44(35-53(42)82-57(48)77)84-65(13,14)38-63(9,10)60(81-30-18-20-52(76)51(75)19-17-29-80-59(79)50(62(6,7)8)37-61(3,4)5)64(11,12)39-66(15,16)85-45-26-24-43-34-49(58(78)83-54(43)36-45)47-28-22-41(2)32-56(47)87-68(72,73)74/h21-28,31-36,50-52,60,75-76H,17-20,29-30,37-39H2,1-16H3. The van der Waals surface area contributed by atoms with Crippen molar-refractivity contribution in [2.24, 2.45) is 27.6 Å². The van der Waals surface area contributed by atoms with Crippen LogP contribution < -0.4 is 30.2 Å². The highest BCUT2D eigenvalue weighted by Crippen LogP contribution is 2.48. The van der Waals surface area contributed by atoms with Crippen molar-refractivity contribution < 1.29 is 78.6 Å². The zero-order valence-electron chi connectivity index (χ0n) is 52.9. The number of halogens is 6. The molecule has 4 aromatic carbocycles. The lowest BCUT2D eigenvalue weighted by Gasteiger charge is -2.49. The number of benzene rings is 4. The number of aliphatic hydroxyl groups is 2. The highest BCUT2D eigenvalue weighted by molar-refractivity contribution is 5.85. The molecule has 3 unspecified atom stereocenters. The molecule has 2 N–H and O–H groups in total. The summed E-state index contributed by atoms with van der Waals surface area (Å²) < 4.78 is 126. The molecule has 0 aliphatic carbocycles. The molecule has 87 heavy (non-hydrogen) atoms. The number of ether oxygens (including phenoxy) is 6. The van der Waals surface area contributed by atoms with Gasteiger partial charge in [-0.2, -0.15) is 0 Å². The van der Waals surface area contributed by atoms with Gasteiger partial charge in [-0.15, -0.1) is 26.3 Å². The Labute approximate surface area is 505 Å². The number of aryl methyl sites for hydroxylation is 2. The van der Waals surface area contributed by atoms with Crippen LogP contribution in [0.5, 0.6) is 23.0 Å². The van der Waals surface area contributed by atoms with Crippen molar-refractivity contribution in [3.05, 3.63) is 117 Å². The van der Waals surface area contributed by atoms with Crippen molar-refractivity contribution in [3.63, 3.8) is 0 Å². The Balaban J connectivity index is 1.20. The first-order valence-corrected chi connectivity index (χ1v) is 29.3. The van der Waals surface area contributed by atoms with Gasteiger partial charge in [0.15, 0.2) is 0 Å². The largest absolute Gasteiger partial charge is 0.573 e. The fourth-order valence-corrected chi connectivity index (χ4v) is 12.2. The second-order valence-corrected chi connectivity index (χ2v) is 28.0. The molecule has 0 amide bonds. The minimum atomic E-state index is -5.00. The lowest BCUT2D eigenvalue weighted by Crippen LogP contribution is -2.50. The average Bonchev–Trinajstić information content (AvgIpc) is 1.15. The topological polar surface area (TPSA) is 173 Å². The zero-order chi connectivity index (χ0) is 65.0. The van der Waals surface area contributed by atoms with Gasteiger partial charge >= 0.3 is 29.9 Å². The van der Waals surface area contributed by atoms with E-state index in [0.717, 1.165) is 0 Å². The second kappa shape index (κ2) is 26.6. The molecule has 2 aromatic heterocycles. The van der Waals surface area contributed by atoms with Crippen molar-refractivity contribution in [3.8, 4) is 45.3 Å². The van der Waals surface area contributed by atoms with Crippen LogP contribution in [0.3, 0.4) is 0 Å². The van der Waals surface area contributed by atoms with E-state index in [1.165, 1.54) is 36.4 Å². The van der Waals surface area contributed by atoms with E-state index in [4.69, 9.17) is 27.8 Å². The van der Waals surface area contributed by atoms with Gasteiger partial charge in [-0.1, -0.05) is 93.5 Å². The predicted molar refractivity (Wildman–Crippen MR) is 323 cm³/mol. The quantitative estimate of drug-likeness (QED) is 0.0228. The Morgan fingerprint density at radius 1 is 0.517 bits per heavy atom. The van der Waals surface area contributed by atoms with Gasteiger partial charge in [0, 0.05) is 40.6 Å². The normalized spacial score (nSPS) is 14.3. The summed E-state index contributed by atoms with van der Waals surface area (Å²) in [6, 6.07) is 20.9. The molecular weight excluding hydrogens is 1140 g/mol. The smallest absolute Gasteiger partial charge is 0.488 e. The van der Waals surface area contributed by atoms with Crippen LogP contribution >= 0.6 is 0 Å². The Hall–Kier alpha value is -6.57. The molecule has 19 heteroatoms. The zero-order valence-corrected chi connectivity index (χ0v) is 52.9. The van der Waals surface area contributed by atoms with Crippen LogP contribution in [-0.2, 0) is 14.3 Å². The fourth-order valence-electron chi connectivity index (χ4n) is 12.2. The number of fused-ring (bicyclic) bond motifs is 2. The number of esters is 1. The fraction of sp³-hybridized carbons (Fsp3) is 0.544. The third kappa shape index (κ3) is 20.0. The highest BCUT2D eigenvalue weighted by Gasteiger charge is 2.48. The number of rotatable bonds is 26. The van der Waals surface area contributed by atoms with Gasteiger partial charge in [0.2, 0.25) is 0 Å². The lowest BCUT2D eigenvalue weighted by atomic mass is 9.64. The van der Waals surface area contributed by atoms with Gasteiger partial charge in [-0.25, -0.2) is 9.59 Å². The Morgan fingerprint density at radius 3 is 1.30 bits per heavy atom. The van der Waals surface area contributed by atoms with Gasteiger partial charge in [0.05, 0.1) is 42.0 Å². The van der Waals surface area contributed by atoms with E-state index in [0.29, 0.717) is 65.5 Å². The van der Waals surface area contributed by atoms with E-state index in [1.54, 1.807) is 62.4 Å². The molecular formula is C68H86F6O13. The first kappa shape index (κ1) is 69.5. The molecule has 0 aliphatic heterocycles. The molecule has 0 bridgehead atoms. The van der Waals surface area contributed by atoms with E-state index >= 15 is 0 Å². The highest BCUT2D eigenvalue weighted by atomic mass is 19.4. The third-order valence-electron chi connectivity index (χ3n) is 15.1. The molecule has 0 saturated heterocycles. The van der Waals surface area contributed by atoms with Crippen molar-refractivity contribution in [1.29, 1.82) is 0 Å². The summed E-state index contributed by atoms with van der Waals surface area (Å²) in [5, 5.41) is 23.0. The molecule has 0 radical (unpaired) electrons. The Bertz CT molecular complexity index is 3280. The van der Waals surface area contributed by atoms with Crippen molar-refractivity contribution in [1.82, 2.24) is 0 Å². The van der Waals surface area contributed by atoms with E-state index in [2.05, 4.69) is 30.2 Å². The van der Waals surface area contributed by atoms with Crippen LogP contribution in [0, 0.1) is 41.4 Å². The number of hydrogen-bond acceptors (Lipinski definition) is 13. The molecule has 0 fully saturated rings. The van der Waals surface area contributed by atoms with Gasteiger partial charge in [-0.05, 0) is 168 Å². The van der Waals surface area contributed by atoms with Crippen molar-refractivity contribution in [2.45, 2.75) is 198 Å². The van der Waals surface area contributed by atoms with E-state index < -0.39 is 75.8 Å². The van der Waals surface area contributed by atoms with Gasteiger partial charge < -0.3 is 47.5 Å². The molecule has 6 rings (SSSR count). The minimum Gasteiger partial charge on any atom is -0.488 e. The van der Waals surface area contributed by atoms with Crippen molar-refractivity contribution in [2.75, 3.05) is 13.2 Å². The summed E-state index contributed by atoms with van der Waals surface area (Å²) in [4.78, 5) is 40.1. The molecule has 0 saturated carbocycles. The third-order valence-corrected chi connectivity index (χ3v) is 15.1.